The average molecular weight is 518 g/mol. The highest BCUT2D eigenvalue weighted by Crippen LogP contribution is 2.26. The maximum atomic E-state index is 5.00. The van der Waals surface area contributed by atoms with E-state index in [2.05, 4.69) is 52.1 Å². The molecule has 0 bridgehead atoms. The van der Waals surface area contributed by atoms with Crippen LogP contribution in [0.15, 0.2) is 17.4 Å². The number of nitrogens with zero attached hydrogens (tertiary/aromatic N) is 6. The minimum atomic E-state index is 0. The van der Waals surface area contributed by atoms with Gasteiger partial charge in [-0.3, -0.25) is 9.67 Å². The molecule has 0 saturated carbocycles. The van der Waals surface area contributed by atoms with Gasteiger partial charge in [0.05, 0.1) is 6.20 Å². The molecule has 0 aromatic carbocycles. The lowest BCUT2D eigenvalue weighted by molar-refractivity contribution is 0.125. The van der Waals surface area contributed by atoms with Crippen LogP contribution in [0.5, 0.6) is 0 Å². The van der Waals surface area contributed by atoms with Crippen LogP contribution in [0, 0.1) is 5.92 Å². The zero-order valence-electron chi connectivity index (χ0n) is 18.7. The normalized spacial score (nSPS) is 22.6. The second-order valence-corrected chi connectivity index (χ2v) is 8.41. The van der Waals surface area contributed by atoms with E-state index in [9.17, 15) is 0 Å². The molecule has 2 unspecified atom stereocenters. The van der Waals surface area contributed by atoms with E-state index < -0.39 is 0 Å². The highest BCUT2D eigenvalue weighted by Gasteiger charge is 2.27. The van der Waals surface area contributed by atoms with Crippen LogP contribution < -0.4 is 5.32 Å². The first kappa shape index (κ1) is 24.4. The number of nitrogens with one attached hydrogen (secondary N) is 1. The summed E-state index contributed by atoms with van der Waals surface area (Å²) in [4.78, 5) is 12.6. The number of guanidine groups is 1. The highest BCUT2D eigenvalue weighted by atomic mass is 127. The second-order valence-electron chi connectivity index (χ2n) is 8.41. The first-order chi connectivity index (χ1) is 13.6. The summed E-state index contributed by atoms with van der Waals surface area (Å²) in [6.45, 7) is 17.8. The molecule has 0 amide bonds. The lowest BCUT2D eigenvalue weighted by Gasteiger charge is -2.35. The van der Waals surface area contributed by atoms with Gasteiger partial charge < -0.3 is 20.0 Å². The predicted octanol–water partition coefficient (Wildman–Crippen LogP) is 2.07. The van der Waals surface area contributed by atoms with Crippen molar-refractivity contribution in [1.29, 1.82) is 0 Å². The summed E-state index contributed by atoms with van der Waals surface area (Å²) < 4.78 is 1.90. The molecular weight excluding hydrogens is 477 g/mol. The first-order valence-electron chi connectivity index (χ1n) is 11.1. The third-order valence-electron chi connectivity index (χ3n) is 6.05. The summed E-state index contributed by atoms with van der Waals surface area (Å²) in [5.74, 6) is 2.22. The van der Waals surface area contributed by atoms with Crippen molar-refractivity contribution >= 4 is 29.9 Å². The molecule has 1 N–H and O–H groups in total. The predicted molar refractivity (Wildman–Crippen MR) is 131 cm³/mol. The Hall–Kier alpha value is -0.870. The van der Waals surface area contributed by atoms with Crippen molar-refractivity contribution < 1.29 is 0 Å². The Balaban J connectivity index is 0.00000300. The van der Waals surface area contributed by atoms with Gasteiger partial charge in [-0.2, -0.15) is 5.10 Å². The van der Waals surface area contributed by atoms with Gasteiger partial charge in [-0.15, -0.1) is 24.0 Å². The molecule has 0 radical (unpaired) electrons. The largest absolute Gasteiger partial charge is 0.357 e. The monoisotopic (exact) mass is 517 g/mol. The minimum absolute atomic E-state index is 0. The van der Waals surface area contributed by atoms with Crippen LogP contribution >= 0.6 is 24.0 Å². The molecule has 2 fully saturated rings. The van der Waals surface area contributed by atoms with Crippen molar-refractivity contribution in [1.82, 2.24) is 29.8 Å². The fourth-order valence-corrected chi connectivity index (χ4v) is 4.33. The number of halogens is 1. The molecule has 1 aromatic rings. The molecule has 2 aliphatic heterocycles. The number of piperazine rings is 1. The summed E-state index contributed by atoms with van der Waals surface area (Å²) >= 11 is 0. The quantitative estimate of drug-likeness (QED) is 0.341. The van der Waals surface area contributed by atoms with Gasteiger partial charge in [-0.25, -0.2) is 0 Å². The van der Waals surface area contributed by atoms with E-state index in [4.69, 9.17) is 4.99 Å². The van der Waals surface area contributed by atoms with Crippen LogP contribution in [-0.4, -0.2) is 95.9 Å². The molecule has 1 aromatic heterocycles. The van der Waals surface area contributed by atoms with Crippen molar-refractivity contribution in [2.24, 2.45) is 18.0 Å². The zero-order valence-corrected chi connectivity index (χ0v) is 21.0. The molecule has 8 heteroatoms. The van der Waals surface area contributed by atoms with Gasteiger partial charge in [0.15, 0.2) is 5.96 Å². The van der Waals surface area contributed by atoms with Crippen molar-refractivity contribution in [2.75, 3.05) is 65.4 Å². The molecule has 7 nitrogen and oxygen atoms in total. The topological polar surface area (TPSA) is 51.9 Å². The second kappa shape index (κ2) is 12.1. The molecule has 0 spiro atoms. The summed E-state index contributed by atoms with van der Waals surface area (Å²) in [6.07, 6.45) is 5.34. The lowest BCUT2D eigenvalue weighted by Crippen LogP contribution is -2.47. The van der Waals surface area contributed by atoms with E-state index in [0.717, 1.165) is 38.7 Å². The van der Waals surface area contributed by atoms with E-state index >= 15 is 0 Å². The highest BCUT2D eigenvalue weighted by molar-refractivity contribution is 14.0. The van der Waals surface area contributed by atoms with E-state index in [1.165, 1.54) is 44.7 Å². The summed E-state index contributed by atoms with van der Waals surface area (Å²) in [5.41, 5.74) is 1.35. The van der Waals surface area contributed by atoms with Crippen LogP contribution in [0.25, 0.3) is 0 Å². The smallest absolute Gasteiger partial charge is 0.193 e. The number of rotatable bonds is 7. The van der Waals surface area contributed by atoms with Gasteiger partial charge in [-0.05, 0) is 31.4 Å². The first-order valence-corrected chi connectivity index (χ1v) is 11.1. The van der Waals surface area contributed by atoms with Crippen LogP contribution in [-0.2, 0) is 7.05 Å². The maximum absolute atomic E-state index is 5.00. The number of aliphatic imine (C=N–C) groups is 1. The summed E-state index contributed by atoms with van der Waals surface area (Å²) in [5, 5.41) is 7.85. The number of aryl methyl sites for hydroxylation is 1. The Bertz CT molecular complexity index is 624. The Morgan fingerprint density at radius 3 is 2.55 bits per heavy atom. The van der Waals surface area contributed by atoms with E-state index in [1.54, 1.807) is 0 Å². The number of hydrogen-bond acceptors (Lipinski definition) is 4. The van der Waals surface area contributed by atoms with E-state index in [1.807, 2.05) is 17.9 Å². The molecule has 29 heavy (non-hydrogen) atoms. The van der Waals surface area contributed by atoms with Crippen LogP contribution in [0.3, 0.4) is 0 Å². The van der Waals surface area contributed by atoms with Gasteiger partial charge in [0.1, 0.15) is 0 Å². The van der Waals surface area contributed by atoms with Gasteiger partial charge >= 0.3 is 0 Å². The molecule has 166 valence electrons. The van der Waals surface area contributed by atoms with Gasteiger partial charge in [0.2, 0.25) is 0 Å². The third-order valence-corrected chi connectivity index (χ3v) is 6.05. The van der Waals surface area contributed by atoms with E-state index in [0.29, 0.717) is 11.8 Å². The molecule has 3 rings (SSSR count). The summed E-state index contributed by atoms with van der Waals surface area (Å²) in [7, 11) is 1.99. The number of likely N-dealkylation sites (N-methyl/N-ethyl adjacent to an activating group) is 1. The fraction of sp³-hybridized carbons (Fsp3) is 0.810. The van der Waals surface area contributed by atoms with Crippen LogP contribution in [0.4, 0.5) is 0 Å². The Labute approximate surface area is 193 Å². The number of likely N-dealkylation sites (tertiary alicyclic amines) is 1. The maximum Gasteiger partial charge on any atom is 0.193 e. The van der Waals surface area contributed by atoms with Crippen LogP contribution in [0.1, 0.15) is 38.7 Å². The molecule has 2 saturated heterocycles. The zero-order chi connectivity index (χ0) is 19.9. The number of hydrogen-bond donors (Lipinski definition) is 1. The Kier molecular flexibility index (Phi) is 10.2. The van der Waals surface area contributed by atoms with Crippen molar-refractivity contribution in [3.05, 3.63) is 18.0 Å². The molecule has 0 aliphatic carbocycles. The SMILES string of the molecule is CCNC(=NCC(C)CN1CCN(CC)CC1)N1CCC(c2cnn(C)c2)C1.I. The van der Waals surface area contributed by atoms with Crippen molar-refractivity contribution in [3.63, 3.8) is 0 Å². The van der Waals surface area contributed by atoms with Gasteiger partial charge in [-0.1, -0.05) is 13.8 Å². The van der Waals surface area contributed by atoms with E-state index in [-0.39, 0.29) is 24.0 Å². The van der Waals surface area contributed by atoms with Gasteiger partial charge in [0.25, 0.3) is 0 Å². The molecular formula is C21H40IN7. The Morgan fingerprint density at radius 2 is 1.93 bits per heavy atom. The third kappa shape index (κ3) is 7.10. The Morgan fingerprint density at radius 1 is 1.21 bits per heavy atom. The van der Waals surface area contributed by atoms with Gasteiger partial charge in [0, 0.05) is 78.1 Å². The minimum Gasteiger partial charge on any atom is -0.357 e. The molecule has 2 atom stereocenters. The molecule has 3 heterocycles. The summed E-state index contributed by atoms with van der Waals surface area (Å²) in [6, 6.07) is 0. The van der Waals surface area contributed by atoms with Crippen molar-refractivity contribution in [2.45, 2.75) is 33.1 Å². The fourth-order valence-electron chi connectivity index (χ4n) is 4.33. The number of aromatic nitrogens is 2. The standard InChI is InChI=1S/C21H39N7.HI/c1-5-22-21(28-8-7-19(17-28)20-14-24-25(4)16-20)23-13-18(3)15-27-11-9-26(6-2)10-12-27;/h14,16,18-19H,5-13,15,17H2,1-4H3,(H,22,23);1H. The van der Waals surface area contributed by atoms with Crippen LogP contribution in [0.2, 0.25) is 0 Å². The average Bonchev–Trinajstić information content (AvgIpc) is 3.35. The molecule has 2 aliphatic rings. The van der Waals surface area contributed by atoms with Crippen molar-refractivity contribution in [3.8, 4) is 0 Å². The lowest BCUT2D eigenvalue weighted by atomic mass is 10.0.